The number of benzene rings is 2. The van der Waals surface area contributed by atoms with E-state index in [0.29, 0.717) is 23.7 Å². The number of amides is 2. The summed E-state index contributed by atoms with van der Waals surface area (Å²) in [7, 11) is 0. The van der Waals surface area contributed by atoms with Crippen molar-refractivity contribution < 1.29 is 24.0 Å². The summed E-state index contributed by atoms with van der Waals surface area (Å²) in [5, 5.41) is 10.6. The lowest BCUT2D eigenvalue weighted by Crippen LogP contribution is -2.43. The van der Waals surface area contributed by atoms with Gasteiger partial charge in [0, 0.05) is 17.7 Å². The molecule has 0 atom stereocenters. The number of hydrazine groups is 1. The molecule has 0 spiro atoms. The standard InChI is InChI=1S/C19H21N3O6/c1-2-3-11-27-17-6-4-5-14(12-17)19(24)21-20-18(23)13-28-16-9-7-15(8-10-16)22(25)26/h4-10,12H,2-3,11,13H2,1H3,(H,20,23)(H,21,24). The molecule has 0 aliphatic rings. The molecule has 9 heteroatoms. The van der Waals surface area contributed by atoms with Crippen LogP contribution in [0.2, 0.25) is 0 Å². The summed E-state index contributed by atoms with van der Waals surface area (Å²) in [5.41, 5.74) is 4.79. The fraction of sp³-hybridized carbons (Fsp3) is 0.263. The fourth-order valence-electron chi connectivity index (χ4n) is 2.11. The highest BCUT2D eigenvalue weighted by atomic mass is 16.6. The van der Waals surface area contributed by atoms with Crippen LogP contribution in [0.4, 0.5) is 5.69 Å². The van der Waals surface area contributed by atoms with Crippen LogP contribution in [0.3, 0.4) is 0 Å². The van der Waals surface area contributed by atoms with Crippen molar-refractivity contribution in [3.63, 3.8) is 0 Å². The van der Waals surface area contributed by atoms with Crippen molar-refractivity contribution >= 4 is 17.5 Å². The number of hydrogen-bond donors (Lipinski definition) is 2. The van der Waals surface area contributed by atoms with Crippen molar-refractivity contribution in [1.82, 2.24) is 10.9 Å². The van der Waals surface area contributed by atoms with Crippen molar-refractivity contribution in [1.29, 1.82) is 0 Å². The van der Waals surface area contributed by atoms with Crippen LogP contribution in [0.5, 0.6) is 11.5 Å². The molecule has 0 aliphatic carbocycles. The highest BCUT2D eigenvalue weighted by Crippen LogP contribution is 2.17. The van der Waals surface area contributed by atoms with Gasteiger partial charge < -0.3 is 9.47 Å². The second kappa shape index (κ2) is 10.5. The number of nitrogens with one attached hydrogen (secondary N) is 2. The number of carbonyl (C=O) groups excluding carboxylic acids is 2. The monoisotopic (exact) mass is 387 g/mol. The first kappa shape index (κ1) is 20.7. The summed E-state index contributed by atoms with van der Waals surface area (Å²) in [6.45, 7) is 2.26. The summed E-state index contributed by atoms with van der Waals surface area (Å²) < 4.78 is 10.8. The Balaban J connectivity index is 1.78. The molecule has 0 saturated carbocycles. The third kappa shape index (κ3) is 6.60. The molecule has 0 aliphatic heterocycles. The summed E-state index contributed by atoms with van der Waals surface area (Å²) in [6, 6.07) is 11.9. The van der Waals surface area contributed by atoms with Crippen molar-refractivity contribution in [3.05, 3.63) is 64.2 Å². The maximum Gasteiger partial charge on any atom is 0.276 e. The van der Waals surface area contributed by atoms with Gasteiger partial charge in [0.2, 0.25) is 0 Å². The van der Waals surface area contributed by atoms with Crippen LogP contribution in [-0.4, -0.2) is 30.0 Å². The molecule has 0 unspecified atom stereocenters. The minimum Gasteiger partial charge on any atom is -0.494 e. The second-order valence-electron chi connectivity index (χ2n) is 5.77. The van der Waals surface area contributed by atoms with Gasteiger partial charge in [-0.1, -0.05) is 19.4 Å². The molecular weight excluding hydrogens is 366 g/mol. The zero-order chi connectivity index (χ0) is 20.4. The quantitative estimate of drug-likeness (QED) is 0.388. The predicted octanol–water partition coefficient (Wildman–Crippen LogP) is 2.61. The Morgan fingerprint density at radius 2 is 1.79 bits per heavy atom. The molecule has 28 heavy (non-hydrogen) atoms. The molecule has 2 aromatic carbocycles. The molecule has 2 N–H and O–H groups in total. The lowest BCUT2D eigenvalue weighted by molar-refractivity contribution is -0.384. The Labute approximate surface area is 161 Å². The average Bonchev–Trinajstić information content (AvgIpc) is 2.71. The van der Waals surface area contributed by atoms with Gasteiger partial charge in [0.25, 0.3) is 17.5 Å². The first-order valence-corrected chi connectivity index (χ1v) is 8.69. The molecule has 2 rings (SSSR count). The van der Waals surface area contributed by atoms with Gasteiger partial charge in [-0.05, 0) is 36.8 Å². The van der Waals surface area contributed by atoms with E-state index in [1.807, 2.05) is 0 Å². The first-order chi connectivity index (χ1) is 13.5. The van der Waals surface area contributed by atoms with Crippen LogP contribution in [0, 0.1) is 10.1 Å². The SMILES string of the molecule is CCCCOc1cccc(C(=O)NNC(=O)COc2ccc([N+](=O)[O-])cc2)c1. The average molecular weight is 387 g/mol. The van der Waals surface area contributed by atoms with Gasteiger partial charge >= 0.3 is 0 Å². The minimum absolute atomic E-state index is 0.0787. The molecular formula is C19H21N3O6. The second-order valence-corrected chi connectivity index (χ2v) is 5.77. The lowest BCUT2D eigenvalue weighted by atomic mass is 10.2. The van der Waals surface area contributed by atoms with Crippen molar-refractivity contribution in [3.8, 4) is 11.5 Å². The molecule has 2 amide bonds. The molecule has 9 nitrogen and oxygen atoms in total. The fourth-order valence-corrected chi connectivity index (χ4v) is 2.11. The van der Waals surface area contributed by atoms with Crippen LogP contribution in [0.15, 0.2) is 48.5 Å². The van der Waals surface area contributed by atoms with Gasteiger partial charge in [-0.2, -0.15) is 0 Å². The number of nitro groups is 1. The highest BCUT2D eigenvalue weighted by molar-refractivity contribution is 5.95. The lowest BCUT2D eigenvalue weighted by Gasteiger charge is -2.10. The van der Waals surface area contributed by atoms with Gasteiger partial charge in [0.15, 0.2) is 6.61 Å². The number of unbranched alkanes of at least 4 members (excludes halogenated alkanes) is 1. The highest BCUT2D eigenvalue weighted by Gasteiger charge is 2.10. The maximum atomic E-state index is 12.1. The Morgan fingerprint density at radius 1 is 1.04 bits per heavy atom. The van der Waals surface area contributed by atoms with Gasteiger partial charge in [-0.25, -0.2) is 0 Å². The zero-order valence-corrected chi connectivity index (χ0v) is 15.3. The Hall–Kier alpha value is -3.62. The molecule has 0 radical (unpaired) electrons. The normalized spacial score (nSPS) is 10.0. The molecule has 148 valence electrons. The number of non-ortho nitro benzene ring substituents is 1. The topological polar surface area (TPSA) is 120 Å². The number of hydrogen-bond acceptors (Lipinski definition) is 6. The number of nitrogens with zero attached hydrogens (tertiary/aromatic N) is 1. The summed E-state index contributed by atoms with van der Waals surface area (Å²) in [4.78, 5) is 34.0. The van der Waals surface area contributed by atoms with Crippen molar-refractivity contribution in [2.24, 2.45) is 0 Å². The van der Waals surface area contributed by atoms with E-state index in [9.17, 15) is 19.7 Å². The minimum atomic E-state index is -0.581. The molecule has 2 aromatic rings. The summed E-state index contributed by atoms with van der Waals surface area (Å²) in [5.74, 6) is -0.204. The Bertz CT molecular complexity index is 823. The van der Waals surface area contributed by atoms with E-state index < -0.39 is 16.7 Å². The van der Waals surface area contributed by atoms with Crippen LogP contribution in [0.1, 0.15) is 30.1 Å². The zero-order valence-electron chi connectivity index (χ0n) is 15.3. The van der Waals surface area contributed by atoms with Crippen LogP contribution in [-0.2, 0) is 4.79 Å². The van der Waals surface area contributed by atoms with E-state index in [0.717, 1.165) is 12.8 Å². The smallest absolute Gasteiger partial charge is 0.276 e. The molecule has 0 aromatic heterocycles. The third-order valence-corrected chi connectivity index (χ3v) is 3.60. The van der Waals surface area contributed by atoms with Gasteiger partial charge in [0.05, 0.1) is 11.5 Å². The van der Waals surface area contributed by atoms with Crippen LogP contribution >= 0.6 is 0 Å². The Morgan fingerprint density at radius 3 is 2.46 bits per heavy atom. The summed E-state index contributed by atoms with van der Waals surface area (Å²) in [6.07, 6.45) is 1.93. The van der Waals surface area contributed by atoms with Gasteiger partial charge in [-0.15, -0.1) is 0 Å². The van der Waals surface area contributed by atoms with Gasteiger partial charge in [0.1, 0.15) is 11.5 Å². The molecule has 0 heterocycles. The molecule has 0 saturated heterocycles. The molecule has 0 fully saturated rings. The number of ether oxygens (including phenoxy) is 2. The van der Waals surface area contributed by atoms with E-state index in [-0.39, 0.29) is 12.3 Å². The van der Waals surface area contributed by atoms with Crippen LogP contribution < -0.4 is 20.3 Å². The summed E-state index contributed by atoms with van der Waals surface area (Å²) >= 11 is 0. The van der Waals surface area contributed by atoms with E-state index in [1.165, 1.54) is 24.3 Å². The van der Waals surface area contributed by atoms with Crippen molar-refractivity contribution in [2.45, 2.75) is 19.8 Å². The van der Waals surface area contributed by atoms with Crippen LogP contribution in [0.25, 0.3) is 0 Å². The maximum absolute atomic E-state index is 12.1. The number of rotatable bonds is 9. The third-order valence-electron chi connectivity index (χ3n) is 3.60. The number of nitro benzene ring substituents is 1. The van der Waals surface area contributed by atoms with E-state index >= 15 is 0 Å². The first-order valence-electron chi connectivity index (χ1n) is 8.69. The van der Waals surface area contributed by atoms with Gasteiger partial charge in [-0.3, -0.25) is 30.6 Å². The van der Waals surface area contributed by atoms with E-state index in [4.69, 9.17) is 9.47 Å². The number of carbonyl (C=O) groups is 2. The predicted molar refractivity (Wildman–Crippen MR) is 101 cm³/mol. The molecule has 0 bridgehead atoms. The largest absolute Gasteiger partial charge is 0.494 e. The Kier molecular flexibility index (Phi) is 7.77. The van der Waals surface area contributed by atoms with E-state index in [1.54, 1.807) is 24.3 Å². The van der Waals surface area contributed by atoms with Crippen molar-refractivity contribution in [2.75, 3.05) is 13.2 Å². The van der Waals surface area contributed by atoms with E-state index in [2.05, 4.69) is 17.8 Å².